The maximum atomic E-state index is 11.6. The molecule has 1 amide bonds. The van der Waals surface area contributed by atoms with Crippen LogP contribution in [0.1, 0.15) is 30.4 Å². The molecule has 0 aliphatic heterocycles. The molecule has 2 aliphatic carbocycles. The van der Waals surface area contributed by atoms with Gasteiger partial charge in [0, 0.05) is 12.0 Å². The van der Waals surface area contributed by atoms with E-state index in [0.29, 0.717) is 17.9 Å². The molecule has 1 saturated carbocycles. The zero-order valence-electron chi connectivity index (χ0n) is 10.4. The highest BCUT2D eigenvalue weighted by Crippen LogP contribution is 2.54. The first-order valence-corrected chi connectivity index (χ1v) is 6.32. The predicted octanol–water partition coefficient (Wildman–Crippen LogP) is 1.60. The molecular weight excluding hydrogens is 248 g/mol. The monoisotopic (exact) mass is 266 g/mol. The predicted molar refractivity (Wildman–Crippen MR) is 73.8 cm³/mol. The molecule has 2 aliphatic rings. The molecule has 0 heterocycles. The SMILES string of the molecule is CC(N)C(=O)NC1C2CCc3ccccc3C21.Cl. The first-order valence-electron chi connectivity index (χ1n) is 6.32. The van der Waals surface area contributed by atoms with Crippen molar-refractivity contribution in [3.8, 4) is 0 Å². The van der Waals surface area contributed by atoms with Crippen LogP contribution in [0.25, 0.3) is 0 Å². The number of amides is 1. The molecule has 0 radical (unpaired) electrons. The minimum Gasteiger partial charge on any atom is -0.351 e. The van der Waals surface area contributed by atoms with Crippen LogP contribution in [-0.4, -0.2) is 18.0 Å². The summed E-state index contributed by atoms with van der Waals surface area (Å²) in [7, 11) is 0. The molecule has 4 atom stereocenters. The van der Waals surface area contributed by atoms with Gasteiger partial charge in [-0.1, -0.05) is 24.3 Å². The Morgan fingerprint density at radius 1 is 1.44 bits per heavy atom. The fraction of sp³-hybridized carbons (Fsp3) is 0.500. The third kappa shape index (κ3) is 2.13. The Kier molecular flexibility index (Phi) is 3.64. The summed E-state index contributed by atoms with van der Waals surface area (Å²) in [6, 6.07) is 8.49. The van der Waals surface area contributed by atoms with Crippen LogP contribution >= 0.6 is 12.4 Å². The molecule has 0 saturated heterocycles. The molecule has 3 nitrogen and oxygen atoms in total. The Morgan fingerprint density at radius 3 is 2.89 bits per heavy atom. The number of carbonyl (C=O) groups excluding carboxylic acids is 1. The zero-order valence-corrected chi connectivity index (χ0v) is 11.2. The summed E-state index contributed by atoms with van der Waals surface area (Å²) in [4.78, 5) is 11.6. The number of aryl methyl sites for hydroxylation is 1. The van der Waals surface area contributed by atoms with E-state index < -0.39 is 6.04 Å². The fourth-order valence-electron chi connectivity index (χ4n) is 3.06. The van der Waals surface area contributed by atoms with E-state index >= 15 is 0 Å². The lowest BCUT2D eigenvalue weighted by Gasteiger charge is -2.13. The number of hydrogen-bond donors (Lipinski definition) is 2. The van der Waals surface area contributed by atoms with Crippen molar-refractivity contribution >= 4 is 18.3 Å². The van der Waals surface area contributed by atoms with Crippen molar-refractivity contribution in [1.29, 1.82) is 0 Å². The van der Waals surface area contributed by atoms with Crippen LogP contribution in [0.4, 0.5) is 0 Å². The van der Waals surface area contributed by atoms with Gasteiger partial charge >= 0.3 is 0 Å². The highest BCUT2D eigenvalue weighted by atomic mass is 35.5. The van der Waals surface area contributed by atoms with Crippen LogP contribution in [0, 0.1) is 5.92 Å². The Balaban J connectivity index is 0.00000120. The average molecular weight is 267 g/mol. The van der Waals surface area contributed by atoms with Gasteiger partial charge in [0.1, 0.15) is 0 Å². The van der Waals surface area contributed by atoms with E-state index in [1.54, 1.807) is 6.92 Å². The molecule has 3 N–H and O–H groups in total. The number of hydrogen-bond acceptors (Lipinski definition) is 2. The van der Waals surface area contributed by atoms with Crippen molar-refractivity contribution in [2.75, 3.05) is 0 Å². The van der Waals surface area contributed by atoms with Crippen LogP contribution in [0.2, 0.25) is 0 Å². The van der Waals surface area contributed by atoms with Crippen molar-refractivity contribution < 1.29 is 4.79 Å². The molecule has 0 bridgehead atoms. The van der Waals surface area contributed by atoms with Gasteiger partial charge in [-0.2, -0.15) is 0 Å². The molecule has 3 rings (SSSR count). The lowest BCUT2D eigenvalue weighted by atomic mass is 9.92. The van der Waals surface area contributed by atoms with E-state index in [1.807, 2.05) is 0 Å². The molecule has 4 heteroatoms. The Labute approximate surface area is 114 Å². The largest absolute Gasteiger partial charge is 0.351 e. The van der Waals surface area contributed by atoms with Gasteiger partial charge in [-0.25, -0.2) is 0 Å². The van der Waals surface area contributed by atoms with Gasteiger partial charge in [-0.3, -0.25) is 4.79 Å². The fourth-order valence-corrected chi connectivity index (χ4v) is 3.06. The van der Waals surface area contributed by atoms with E-state index in [2.05, 4.69) is 29.6 Å². The summed E-state index contributed by atoms with van der Waals surface area (Å²) in [5, 5.41) is 3.07. The van der Waals surface area contributed by atoms with Crippen molar-refractivity contribution in [2.45, 2.75) is 37.8 Å². The summed E-state index contributed by atoms with van der Waals surface area (Å²) < 4.78 is 0. The van der Waals surface area contributed by atoms with Crippen molar-refractivity contribution in [1.82, 2.24) is 5.32 Å². The molecule has 0 spiro atoms. The third-order valence-electron chi connectivity index (χ3n) is 4.05. The van der Waals surface area contributed by atoms with Crippen LogP contribution < -0.4 is 11.1 Å². The number of benzene rings is 1. The second kappa shape index (κ2) is 4.90. The first-order chi connectivity index (χ1) is 8.18. The molecule has 98 valence electrons. The number of nitrogens with one attached hydrogen (secondary N) is 1. The van der Waals surface area contributed by atoms with Crippen LogP contribution in [-0.2, 0) is 11.2 Å². The van der Waals surface area contributed by atoms with Gasteiger partial charge in [-0.15, -0.1) is 12.4 Å². The second-order valence-electron chi connectivity index (χ2n) is 5.25. The summed E-state index contributed by atoms with van der Waals surface area (Å²) in [6.07, 6.45) is 2.33. The van der Waals surface area contributed by atoms with E-state index in [4.69, 9.17) is 5.73 Å². The molecule has 1 aromatic carbocycles. The number of carbonyl (C=O) groups is 1. The molecule has 0 aromatic heterocycles. The van der Waals surface area contributed by atoms with E-state index in [9.17, 15) is 4.79 Å². The summed E-state index contributed by atoms with van der Waals surface area (Å²) >= 11 is 0. The first kappa shape index (κ1) is 13.4. The minimum atomic E-state index is -0.409. The lowest BCUT2D eigenvalue weighted by Crippen LogP contribution is -2.40. The number of halogens is 1. The quantitative estimate of drug-likeness (QED) is 0.854. The van der Waals surface area contributed by atoms with E-state index in [0.717, 1.165) is 6.42 Å². The molecule has 1 fully saturated rings. The minimum absolute atomic E-state index is 0. The maximum Gasteiger partial charge on any atom is 0.236 e. The third-order valence-corrected chi connectivity index (χ3v) is 4.05. The van der Waals surface area contributed by atoms with Crippen molar-refractivity contribution in [2.24, 2.45) is 11.7 Å². The number of rotatable bonds is 2. The van der Waals surface area contributed by atoms with E-state index in [1.165, 1.54) is 17.5 Å². The standard InChI is InChI=1S/C14H18N2O.ClH/c1-8(15)14(17)16-13-11-7-6-9-4-2-3-5-10(9)12(11)13;/h2-5,8,11-13H,6-7,15H2,1H3,(H,16,17);1H. The summed E-state index contributed by atoms with van der Waals surface area (Å²) in [5.74, 6) is 1.14. The van der Waals surface area contributed by atoms with Gasteiger partial charge in [0.2, 0.25) is 5.91 Å². The Hall–Kier alpha value is -1.06. The molecular formula is C14H19ClN2O. The number of fused-ring (bicyclic) bond motifs is 3. The van der Waals surface area contributed by atoms with Gasteiger partial charge in [0.15, 0.2) is 0 Å². The smallest absolute Gasteiger partial charge is 0.236 e. The van der Waals surface area contributed by atoms with Gasteiger partial charge in [-0.05, 0) is 36.8 Å². The highest BCUT2D eigenvalue weighted by Gasteiger charge is 2.53. The van der Waals surface area contributed by atoms with Crippen molar-refractivity contribution in [3.63, 3.8) is 0 Å². The zero-order chi connectivity index (χ0) is 12.0. The van der Waals surface area contributed by atoms with Gasteiger partial charge < -0.3 is 11.1 Å². The van der Waals surface area contributed by atoms with Crippen LogP contribution in [0.15, 0.2) is 24.3 Å². The topological polar surface area (TPSA) is 55.1 Å². The van der Waals surface area contributed by atoms with E-state index in [-0.39, 0.29) is 18.3 Å². The summed E-state index contributed by atoms with van der Waals surface area (Å²) in [6.45, 7) is 1.73. The second-order valence-corrected chi connectivity index (χ2v) is 5.25. The van der Waals surface area contributed by atoms with Gasteiger partial charge in [0.25, 0.3) is 0 Å². The van der Waals surface area contributed by atoms with Crippen LogP contribution in [0.5, 0.6) is 0 Å². The van der Waals surface area contributed by atoms with Crippen LogP contribution in [0.3, 0.4) is 0 Å². The maximum absolute atomic E-state index is 11.6. The highest BCUT2D eigenvalue weighted by molar-refractivity contribution is 5.85. The number of nitrogens with two attached hydrogens (primary N) is 1. The Bertz CT molecular complexity index is 461. The molecule has 18 heavy (non-hydrogen) atoms. The Morgan fingerprint density at radius 2 is 2.17 bits per heavy atom. The van der Waals surface area contributed by atoms with Crippen molar-refractivity contribution in [3.05, 3.63) is 35.4 Å². The summed E-state index contributed by atoms with van der Waals surface area (Å²) in [5.41, 5.74) is 8.46. The average Bonchev–Trinajstić information content (AvgIpc) is 3.03. The van der Waals surface area contributed by atoms with Gasteiger partial charge in [0.05, 0.1) is 6.04 Å². The molecule has 4 unspecified atom stereocenters. The molecule has 1 aromatic rings. The normalized spacial score (nSPS) is 29.3. The lowest BCUT2D eigenvalue weighted by molar-refractivity contribution is -0.122.